The van der Waals surface area contributed by atoms with Crippen molar-refractivity contribution in [2.45, 2.75) is 33.4 Å². The predicted molar refractivity (Wildman–Crippen MR) is 83.1 cm³/mol. The summed E-state index contributed by atoms with van der Waals surface area (Å²) >= 11 is 5.04. The minimum Gasteiger partial charge on any atom is -0.306 e. The van der Waals surface area contributed by atoms with E-state index in [9.17, 15) is 4.39 Å². The fourth-order valence-corrected chi connectivity index (χ4v) is 3.56. The molecule has 19 heavy (non-hydrogen) atoms. The first-order valence-corrected chi connectivity index (χ1v) is 7.82. The Hall–Kier alpha value is -0.710. The van der Waals surface area contributed by atoms with Crippen LogP contribution in [0, 0.1) is 19.7 Å². The Labute approximate surface area is 126 Å². The van der Waals surface area contributed by atoms with Gasteiger partial charge in [-0.3, -0.25) is 0 Å². The zero-order valence-corrected chi connectivity index (χ0v) is 13.7. The SMILES string of the molecule is Cc1cc(C(C)NCc2ccc(F)c(Br)c2)c(C)s1. The Bertz CT molecular complexity index is 580. The van der Waals surface area contributed by atoms with Crippen LogP contribution in [0.15, 0.2) is 28.7 Å². The van der Waals surface area contributed by atoms with Crippen LogP contribution in [0.3, 0.4) is 0 Å². The van der Waals surface area contributed by atoms with Gasteiger partial charge in [0.25, 0.3) is 0 Å². The summed E-state index contributed by atoms with van der Waals surface area (Å²) in [6.07, 6.45) is 0. The van der Waals surface area contributed by atoms with Gasteiger partial charge in [0.2, 0.25) is 0 Å². The molecule has 1 unspecified atom stereocenters. The maximum absolute atomic E-state index is 13.2. The molecule has 0 amide bonds. The van der Waals surface area contributed by atoms with Gasteiger partial charge in [-0.25, -0.2) is 4.39 Å². The first-order valence-electron chi connectivity index (χ1n) is 6.21. The third kappa shape index (κ3) is 3.65. The van der Waals surface area contributed by atoms with Gasteiger partial charge in [-0.2, -0.15) is 0 Å². The van der Waals surface area contributed by atoms with E-state index in [0.717, 1.165) is 12.1 Å². The second-order valence-electron chi connectivity index (χ2n) is 4.72. The van der Waals surface area contributed by atoms with E-state index >= 15 is 0 Å². The van der Waals surface area contributed by atoms with Gasteiger partial charge in [-0.05, 0) is 66.0 Å². The topological polar surface area (TPSA) is 12.0 Å². The highest BCUT2D eigenvalue weighted by molar-refractivity contribution is 9.10. The molecule has 0 spiro atoms. The molecule has 2 aromatic rings. The van der Waals surface area contributed by atoms with Gasteiger partial charge in [0, 0.05) is 22.3 Å². The Kier molecular flexibility index (Phi) is 4.76. The van der Waals surface area contributed by atoms with E-state index < -0.39 is 0 Å². The van der Waals surface area contributed by atoms with Crippen LogP contribution in [-0.4, -0.2) is 0 Å². The van der Waals surface area contributed by atoms with Crippen LogP contribution in [0.1, 0.15) is 33.8 Å². The van der Waals surface area contributed by atoms with Crippen molar-refractivity contribution in [3.05, 3.63) is 55.4 Å². The Morgan fingerprint density at radius 2 is 2.05 bits per heavy atom. The molecule has 1 atom stereocenters. The molecule has 1 heterocycles. The molecule has 0 aliphatic carbocycles. The molecule has 0 aliphatic rings. The molecule has 0 radical (unpaired) electrons. The van der Waals surface area contributed by atoms with Crippen LogP contribution >= 0.6 is 27.3 Å². The standard InChI is InChI=1S/C15H17BrFNS/c1-9-6-13(11(3)19-9)10(2)18-8-12-4-5-15(17)14(16)7-12/h4-7,10,18H,8H2,1-3H3. The van der Waals surface area contributed by atoms with Crippen molar-refractivity contribution < 1.29 is 4.39 Å². The lowest BCUT2D eigenvalue weighted by Crippen LogP contribution is -2.18. The summed E-state index contributed by atoms with van der Waals surface area (Å²) in [7, 11) is 0. The van der Waals surface area contributed by atoms with Gasteiger partial charge in [0.15, 0.2) is 0 Å². The molecule has 2 rings (SSSR count). The quantitative estimate of drug-likeness (QED) is 0.813. The summed E-state index contributed by atoms with van der Waals surface area (Å²) in [5.41, 5.74) is 2.42. The summed E-state index contributed by atoms with van der Waals surface area (Å²) in [4.78, 5) is 2.70. The van der Waals surface area contributed by atoms with Crippen molar-refractivity contribution in [3.63, 3.8) is 0 Å². The van der Waals surface area contributed by atoms with Crippen LogP contribution < -0.4 is 5.32 Å². The van der Waals surface area contributed by atoms with E-state index in [1.54, 1.807) is 0 Å². The van der Waals surface area contributed by atoms with E-state index in [1.807, 2.05) is 23.5 Å². The third-order valence-corrected chi connectivity index (χ3v) is 4.73. The summed E-state index contributed by atoms with van der Waals surface area (Å²) < 4.78 is 13.7. The molecule has 0 bridgehead atoms. The molecule has 1 aromatic heterocycles. The van der Waals surface area contributed by atoms with Gasteiger partial charge >= 0.3 is 0 Å². The van der Waals surface area contributed by atoms with Gasteiger partial charge in [-0.1, -0.05) is 6.07 Å². The van der Waals surface area contributed by atoms with E-state index in [2.05, 4.69) is 48.1 Å². The fourth-order valence-electron chi connectivity index (χ4n) is 2.11. The number of rotatable bonds is 4. The highest BCUT2D eigenvalue weighted by Gasteiger charge is 2.11. The molecule has 4 heteroatoms. The van der Waals surface area contributed by atoms with Crippen molar-refractivity contribution in [3.8, 4) is 0 Å². The van der Waals surface area contributed by atoms with Crippen LogP contribution in [0.2, 0.25) is 0 Å². The number of hydrogen-bond acceptors (Lipinski definition) is 2. The van der Waals surface area contributed by atoms with Crippen LogP contribution in [0.5, 0.6) is 0 Å². The van der Waals surface area contributed by atoms with E-state index in [1.165, 1.54) is 21.4 Å². The molecule has 0 fully saturated rings. The first kappa shape index (κ1) is 14.7. The van der Waals surface area contributed by atoms with E-state index in [4.69, 9.17) is 0 Å². The van der Waals surface area contributed by atoms with Gasteiger partial charge in [0.05, 0.1) is 4.47 Å². The second-order valence-corrected chi connectivity index (χ2v) is 7.03. The predicted octanol–water partition coefficient (Wildman–Crippen LogP) is 5.12. The van der Waals surface area contributed by atoms with Crippen molar-refractivity contribution in [2.75, 3.05) is 0 Å². The van der Waals surface area contributed by atoms with Crippen molar-refractivity contribution in [1.29, 1.82) is 0 Å². The number of hydrogen-bond donors (Lipinski definition) is 1. The molecule has 0 aliphatic heterocycles. The minimum atomic E-state index is -0.221. The average Bonchev–Trinajstić information content (AvgIpc) is 2.70. The van der Waals surface area contributed by atoms with E-state index in [0.29, 0.717) is 10.5 Å². The van der Waals surface area contributed by atoms with Gasteiger partial charge in [-0.15, -0.1) is 11.3 Å². The number of benzene rings is 1. The van der Waals surface area contributed by atoms with Gasteiger partial charge < -0.3 is 5.32 Å². The third-order valence-electron chi connectivity index (χ3n) is 3.14. The summed E-state index contributed by atoms with van der Waals surface area (Å²) in [5.74, 6) is -0.221. The lowest BCUT2D eigenvalue weighted by atomic mass is 10.1. The Balaban J connectivity index is 2.02. The molecular weight excluding hydrogens is 325 g/mol. The van der Waals surface area contributed by atoms with Gasteiger partial charge in [0.1, 0.15) is 5.82 Å². The first-order chi connectivity index (χ1) is 8.97. The lowest BCUT2D eigenvalue weighted by molar-refractivity contribution is 0.571. The lowest BCUT2D eigenvalue weighted by Gasteiger charge is -2.14. The Morgan fingerprint density at radius 3 is 2.63 bits per heavy atom. The molecule has 1 N–H and O–H groups in total. The molecule has 1 aromatic carbocycles. The fraction of sp³-hybridized carbons (Fsp3) is 0.333. The van der Waals surface area contributed by atoms with Crippen LogP contribution in [-0.2, 0) is 6.54 Å². The molecular formula is C15H17BrFNS. The van der Waals surface area contributed by atoms with Crippen molar-refractivity contribution >= 4 is 27.3 Å². The maximum Gasteiger partial charge on any atom is 0.137 e. The Morgan fingerprint density at radius 1 is 1.32 bits per heavy atom. The number of aryl methyl sites for hydroxylation is 2. The summed E-state index contributed by atoms with van der Waals surface area (Å²) in [6, 6.07) is 7.66. The van der Waals surface area contributed by atoms with Crippen LogP contribution in [0.25, 0.3) is 0 Å². The zero-order valence-electron chi connectivity index (χ0n) is 11.3. The molecule has 0 saturated heterocycles. The number of thiophene rings is 1. The van der Waals surface area contributed by atoms with Crippen molar-refractivity contribution in [2.24, 2.45) is 0 Å². The second kappa shape index (κ2) is 6.16. The van der Waals surface area contributed by atoms with E-state index in [-0.39, 0.29) is 5.82 Å². The number of halogens is 2. The molecule has 0 saturated carbocycles. The monoisotopic (exact) mass is 341 g/mol. The largest absolute Gasteiger partial charge is 0.306 e. The summed E-state index contributed by atoms with van der Waals surface area (Å²) in [5, 5.41) is 3.48. The normalized spacial score (nSPS) is 12.7. The zero-order chi connectivity index (χ0) is 14.0. The molecule has 1 nitrogen and oxygen atoms in total. The summed E-state index contributed by atoms with van der Waals surface area (Å²) in [6.45, 7) is 7.17. The maximum atomic E-state index is 13.2. The highest BCUT2D eigenvalue weighted by atomic mass is 79.9. The van der Waals surface area contributed by atoms with Crippen LogP contribution in [0.4, 0.5) is 4.39 Å². The highest BCUT2D eigenvalue weighted by Crippen LogP contribution is 2.26. The minimum absolute atomic E-state index is 0.221. The number of nitrogens with one attached hydrogen (secondary N) is 1. The average molecular weight is 342 g/mol. The van der Waals surface area contributed by atoms with Crippen molar-refractivity contribution in [1.82, 2.24) is 5.32 Å². The molecule has 102 valence electrons. The smallest absolute Gasteiger partial charge is 0.137 e.